The van der Waals surface area contributed by atoms with Crippen LogP contribution in [0.15, 0.2) is 39.5 Å². The molecule has 0 N–H and O–H groups in total. The number of aryl methyl sites for hydroxylation is 1. The van der Waals surface area contributed by atoms with Crippen molar-refractivity contribution in [3.05, 3.63) is 51.9 Å². The van der Waals surface area contributed by atoms with E-state index in [9.17, 15) is 4.55 Å². The molecule has 1 atom stereocenters. The molecule has 0 bridgehead atoms. The van der Waals surface area contributed by atoms with E-state index in [1.54, 1.807) is 7.11 Å². The topological polar surface area (TPSA) is 78.1 Å². The number of methoxy groups -OCH3 is 1. The first-order chi connectivity index (χ1) is 16.1. The van der Waals surface area contributed by atoms with Crippen LogP contribution in [0.1, 0.15) is 50.4 Å². The van der Waals surface area contributed by atoms with E-state index in [0.29, 0.717) is 0 Å². The second kappa shape index (κ2) is 8.53. The molecule has 1 aliphatic carbocycles. The fourth-order valence-corrected chi connectivity index (χ4v) is 6.10. The average Bonchev–Trinajstić information content (AvgIpc) is 3.40. The number of aromatic nitrogens is 3. The van der Waals surface area contributed by atoms with Gasteiger partial charge >= 0.3 is 0 Å². The summed E-state index contributed by atoms with van der Waals surface area (Å²) in [6, 6.07) is 8.22. The van der Waals surface area contributed by atoms with E-state index in [2.05, 4.69) is 38.1 Å². The normalized spacial score (nSPS) is 19.7. The van der Waals surface area contributed by atoms with Crippen LogP contribution in [-0.4, -0.2) is 49.8 Å². The third-order valence-electron chi connectivity index (χ3n) is 6.95. The molecule has 1 spiro atoms. The van der Waals surface area contributed by atoms with Crippen molar-refractivity contribution < 1.29 is 9.29 Å². The van der Waals surface area contributed by atoms with Crippen LogP contribution in [0.4, 0.5) is 5.82 Å². The number of anilines is 1. The Hall–Kier alpha value is -2.10. The first-order valence-corrected chi connectivity index (χ1v) is 13.5. The van der Waals surface area contributed by atoms with E-state index in [1.807, 2.05) is 50.5 Å². The fraction of sp³-hybridized carbons (Fsp3) is 0.480. The van der Waals surface area contributed by atoms with Gasteiger partial charge in [-0.25, -0.2) is 9.50 Å². The minimum Gasteiger partial charge on any atom is -0.591 e. The van der Waals surface area contributed by atoms with E-state index in [4.69, 9.17) is 14.1 Å². The summed E-state index contributed by atoms with van der Waals surface area (Å²) in [5.41, 5.74) is 5.09. The molecule has 9 heteroatoms. The lowest BCUT2D eigenvalue weighted by Crippen LogP contribution is -2.44. The van der Waals surface area contributed by atoms with E-state index >= 15 is 0 Å². The Labute approximate surface area is 212 Å². The summed E-state index contributed by atoms with van der Waals surface area (Å²) in [6.07, 6.45) is 4.56. The summed E-state index contributed by atoms with van der Waals surface area (Å²) in [7, 11) is 1.68. The van der Waals surface area contributed by atoms with Gasteiger partial charge in [-0.2, -0.15) is 5.10 Å². The number of fused-ring (bicyclic) bond motifs is 2. The van der Waals surface area contributed by atoms with Crippen molar-refractivity contribution in [2.24, 2.45) is 9.81 Å². The second-order valence-electron chi connectivity index (χ2n) is 10.2. The SMILES string of the molecule is COc1ccc2c(c1)/C(=N\[S@+]([O-])C(C)(C)C)C1(CCN(c3nc(C)c(Br)n4nccc34)CC1)C2. The highest BCUT2D eigenvalue weighted by molar-refractivity contribution is 9.10. The summed E-state index contributed by atoms with van der Waals surface area (Å²) in [5.74, 6) is 1.77. The first-order valence-electron chi connectivity index (χ1n) is 11.6. The van der Waals surface area contributed by atoms with Crippen molar-refractivity contribution in [2.75, 3.05) is 25.1 Å². The van der Waals surface area contributed by atoms with Crippen molar-refractivity contribution in [3.63, 3.8) is 0 Å². The van der Waals surface area contributed by atoms with Crippen LogP contribution < -0.4 is 9.64 Å². The van der Waals surface area contributed by atoms with Gasteiger partial charge in [-0.1, -0.05) is 10.5 Å². The van der Waals surface area contributed by atoms with Gasteiger partial charge in [0.15, 0.2) is 5.82 Å². The Morgan fingerprint density at radius 1 is 1.21 bits per heavy atom. The Morgan fingerprint density at radius 3 is 2.62 bits per heavy atom. The van der Waals surface area contributed by atoms with Gasteiger partial charge in [-0.05, 0) is 86.6 Å². The minimum absolute atomic E-state index is 0.132. The zero-order chi connectivity index (χ0) is 24.3. The van der Waals surface area contributed by atoms with Crippen LogP contribution in [0, 0.1) is 12.3 Å². The molecule has 3 heterocycles. The first kappa shape index (κ1) is 23.6. The quantitative estimate of drug-likeness (QED) is 0.439. The predicted octanol–water partition coefficient (Wildman–Crippen LogP) is 4.90. The number of hydrogen-bond donors (Lipinski definition) is 0. The molecule has 1 aliphatic heterocycles. The van der Waals surface area contributed by atoms with Crippen LogP contribution in [-0.2, 0) is 17.8 Å². The number of halogens is 1. The smallest absolute Gasteiger partial charge is 0.155 e. The molecule has 1 fully saturated rings. The van der Waals surface area contributed by atoms with Gasteiger partial charge in [-0.15, -0.1) is 0 Å². The molecule has 3 aromatic rings. The monoisotopic (exact) mass is 543 g/mol. The summed E-state index contributed by atoms with van der Waals surface area (Å²) < 4.78 is 25.9. The number of hydrogen-bond acceptors (Lipinski definition) is 6. The largest absolute Gasteiger partial charge is 0.591 e. The molecule has 0 amide bonds. The molecule has 1 saturated heterocycles. The van der Waals surface area contributed by atoms with Crippen molar-refractivity contribution in [2.45, 2.75) is 51.7 Å². The maximum absolute atomic E-state index is 13.1. The van der Waals surface area contributed by atoms with E-state index < -0.39 is 16.1 Å². The summed E-state index contributed by atoms with van der Waals surface area (Å²) in [6.45, 7) is 9.61. The molecule has 1 aromatic carbocycles. The molecule has 5 rings (SSSR count). The summed E-state index contributed by atoms with van der Waals surface area (Å²) in [5, 5.41) is 4.45. The lowest BCUT2D eigenvalue weighted by Gasteiger charge is -2.40. The molecular weight excluding hydrogens is 514 g/mol. The third kappa shape index (κ3) is 3.91. The van der Waals surface area contributed by atoms with Crippen molar-refractivity contribution in [1.29, 1.82) is 0 Å². The second-order valence-corrected chi connectivity index (χ2v) is 12.9. The van der Waals surface area contributed by atoms with Crippen LogP contribution in [0.2, 0.25) is 0 Å². The number of benzene rings is 1. The van der Waals surface area contributed by atoms with Crippen molar-refractivity contribution in [1.82, 2.24) is 14.6 Å². The predicted molar refractivity (Wildman–Crippen MR) is 140 cm³/mol. The van der Waals surface area contributed by atoms with E-state index in [1.165, 1.54) is 5.56 Å². The van der Waals surface area contributed by atoms with Gasteiger partial charge in [0, 0.05) is 24.1 Å². The van der Waals surface area contributed by atoms with Gasteiger partial charge in [0.1, 0.15) is 37.7 Å². The van der Waals surface area contributed by atoms with Crippen LogP contribution >= 0.6 is 15.9 Å². The lowest BCUT2D eigenvalue weighted by atomic mass is 9.74. The average molecular weight is 545 g/mol. The molecular formula is C25H30BrN5O2S. The third-order valence-corrected chi connectivity index (χ3v) is 9.26. The van der Waals surface area contributed by atoms with Crippen molar-refractivity contribution >= 4 is 44.3 Å². The zero-order valence-corrected chi connectivity index (χ0v) is 22.7. The summed E-state index contributed by atoms with van der Waals surface area (Å²) in [4.78, 5) is 7.25. The molecule has 0 radical (unpaired) electrons. The molecule has 34 heavy (non-hydrogen) atoms. The van der Waals surface area contributed by atoms with E-state index in [-0.39, 0.29) is 5.41 Å². The Bertz CT molecular complexity index is 1270. The molecule has 7 nitrogen and oxygen atoms in total. The van der Waals surface area contributed by atoms with Crippen LogP contribution in [0.5, 0.6) is 5.75 Å². The molecule has 0 unspecified atom stereocenters. The van der Waals surface area contributed by atoms with Gasteiger partial charge in [0.05, 0.1) is 19.0 Å². The standard InChI is InChI=1S/C25H30BrN5O2S/c1-16-22(26)31-20(8-11-27-31)23(28-16)30-12-9-25(10-13-30)15-17-6-7-18(33-5)14-19(17)21(25)29-34(32)24(2,3)4/h6-8,11,14H,9-10,12-13,15H2,1-5H3/b29-21+/t34-/m1/s1. The molecule has 2 aromatic heterocycles. The number of rotatable bonds is 3. The van der Waals surface area contributed by atoms with Crippen LogP contribution in [0.25, 0.3) is 5.52 Å². The number of piperidine rings is 1. The van der Waals surface area contributed by atoms with E-state index in [0.717, 1.165) is 71.0 Å². The highest BCUT2D eigenvalue weighted by atomic mass is 79.9. The molecule has 180 valence electrons. The van der Waals surface area contributed by atoms with Crippen LogP contribution in [0.3, 0.4) is 0 Å². The number of ether oxygens (including phenoxy) is 1. The van der Waals surface area contributed by atoms with Crippen molar-refractivity contribution in [3.8, 4) is 5.75 Å². The van der Waals surface area contributed by atoms with Gasteiger partial charge in [-0.3, -0.25) is 0 Å². The fourth-order valence-electron chi connectivity index (χ4n) is 4.99. The maximum atomic E-state index is 13.1. The number of nitrogens with zero attached hydrogens (tertiary/aromatic N) is 5. The Kier molecular flexibility index (Phi) is 5.93. The Balaban J connectivity index is 1.50. The highest BCUT2D eigenvalue weighted by Crippen LogP contribution is 2.47. The minimum atomic E-state index is -1.33. The van der Waals surface area contributed by atoms with Gasteiger partial charge < -0.3 is 14.2 Å². The zero-order valence-electron chi connectivity index (χ0n) is 20.3. The van der Waals surface area contributed by atoms with Gasteiger partial charge in [0.25, 0.3) is 0 Å². The molecule has 2 aliphatic rings. The molecule has 0 saturated carbocycles. The lowest BCUT2D eigenvalue weighted by molar-refractivity contribution is 0.330. The summed E-state index contributed by atoms with van der Waals surface area (Å²) >= 11 is 2.28. The van der Waals surface area contributed by atoms with Gasteiger partial charge in [0.2, 0.25) is 0 Å². The maximum Gasteiger partial charge on any atom is 0.155 e. The highest BCUT2D eigenvalue weighted by Gasteiger charge is 2.48. The Morgan fingerprint density at radius 2 is 1.94 bits per heavy atom.